The summed E-state index contributed by atoms with van der Waals surface area (Å²) >= 11 is 0. The lowest BCUT2D eigenvalue weighted by molar-refractivity contribution is -0.385. The Kier molecular flexibility index (Phi) is 3.81. The number of methoxy groups -OCH3 is 1. The van der Waals surface area contributed by atoms with Gasteiger partial charge in [-0.15, -0.1) is 0 Å². The van der Waals surface area contributed by atoms with E-state index in [4.69, 9.17) is 4.74 Å². The molecule has 1 N–H and O–H groups in total. The monoisotopic (exact) mass is 250 g/mol. The average Bonchev–Trinajstić information content (AvgIpc) is 2.76. The van der Waals surface area contributed by atoms with Gasteiger partial charge < -0.3 is 10.1 Å². The predicted octanol–water partition coefficient (Wildman–Crippen LogP) is 2.88. The van der Waals surface area contributed by atoms with Crippen LogP contribution in [0.4, 0.5) is 11.4 Å². The highest BCUT2D eigenvalue weighted by Gasteiger charge is 2.24. The van der Waals surface area contributed by atoms with Crippen LogP contribution in [0.15, 0.2) is 18.2 Å². The van der Waals surface area contributed by atoms with Crippen LogP contribution in [0.5, 0.6) is 0 Å². The van der Waals surface area contributed by atoms with Gasteiger partial charge in [0.15, 0.2) is 0 Å². The molecular formula is C13H18N2O3. The second-order valence-electron chi connectivity index (χ2n) is 4.77. The molecule has 0 radical (unpaired) electrons. The Bertz CT molecular complexity index is 448. The van der Waals surface area contributed by atoms with Crippen molar-refractivity contribution in [2.24, 2.45) is 0 Å². The van der Waals surface area contributed by atoms with Gasteiger partial charge in [-0.3, -0.25) is 10.1 Å². The fraction of sp³-hybridized carbons (Fsp3) is 0.538. The van der Waals surface area contributed by atoms with Gasteiger partial charge in [0, 0.05) is 30.5 Å². The molecule has 0 aliphatic heterocycles. The zero-order valence-electron chi connectivity index (χ0n) is 10.7. The Morgan fingerprint density at radius 3 is 2.78 bits per heavy atom. The molecule has 2 atom stereocenters. The molecule has 0 heterocycles. The normalized spacial score (nSPS) is 23.0. The van der Waals surface area contributed by atoms with Gasteiger partial charge in [0.1, 0.15) is 0 Å². The molecule has 0 saturated heterocycles. The van der Waals surface area contributed by atoms with Crippen molar-refractivity contribution in [3.63, 3.8) is 0 Å². The third kappa shape index (κ3) is 2.79. The Morgan fingerprint density at radius 1 is 1.44 bits per heavy atom. The summed E-state index contributed by atoms with van der Waals surface area (Å²) in [5.41, 5.74) is 1.80. The summed E-state index contributed by atoms with van der Waals surface area (Å²) in [6, 6.07) is 5.56. The summed E-state index contributed by atoms with van der Waals surface area (Å²) in [7, 11) is 1.74. The van der Waals surface area contributed by atoms with Crippen molar-refractivity contribution in [2.75, 3.05) is 12.4 Å². The predicted molar refractivity (Wildman–Crippen MR) is 69.9 cm³/mol. The molecule has 0 spiro atoms. The molecule has 0 amide bonds. The first-order valence-corrected chi connectivity index (χ1v) is 6.14. The molecule has 18 heavy (non-hydrogen) atoms. The highest BCUT2D eigenvalue weighted by Crippen LogP contribution is 2.27. The minimum absolute atomic E-state index is 0.168. The molecule has 98 valence electrons. The molecule has 0 aromatic heterocycles. The van der Waals surface area contributed by atoms with Crippen molar-refractivity contribution in [3.05, 3.63) is 33.9 Å². The van der Waals surface area contributed by atoms with Crippen LogP contribution in [-0.2, 0) is 4.74 Å². The second-order valence-corrected chi connectivity index (χ2v) is 4.77. The maximum Gasteiger partial charge on any atom is 0.272 e. The van der Waals surface area contributed by atoms with E-state index in [1.54, 1.807) is 26.2 Å². The van der Waals surface area contributed by atoms with Gasteiger partial charge in [0.2, 0.25) is 0 Å². The van der Waals surface area contributed by atoms with Crippen LogP contribution in [0.3, 0.4) is 0 Å². The Balaban J connectivity index is 2.02. The maximum absolute atomic E-state index is 10.7. The topological polar surface area (TPSA) is 64.4 Å². The highest BCUT2D eigenvalue weighted by atomic mass is 16.6. The molecular weight excluding hydrogens is 232 g/mol. The molecule has 1 fully saturated rings. The maximum atomic E-state index is 10.7. The number of benzene rings is 1. The molecule has 1 aliphatic carbocycles. The fourth-order valence-electron chi connectivity index (χ4n) is 2.47. The highest BCUT2D eigenvalue weighted by molar-refractivity contribution is 5.54. The summed E-state index contributed by atoms with van der Waals surface area (Å²) in [5, 5.41) is 14.1. The summed E-state index contributed by atoms with van der Waals surface area (Å²) in [6.45, 7) is 1.76. The van der Waals surface area contributed by atoms with E-state index in [0.29, 0.717) is 17.7 Å². The Hall–Kier alpha value is -1.62. The van der Waals surface area contributed by atoms with Gasteiger partial charge in [0.25, 0.3) is 5.69 Å². The van der Waals surface area contributed by atoms with E-state index in [0.717, 1.165) is 24.9 Å². The second kappa shape index (κ2) is 5.35. The zero-order valence-corrected chi connectivity index (χ0v) is 10.7. The van der Waals surface area contributed by atoms with E-state index in [-0.39, 0.29) is 10.6 Å². The number of ether oxygens (including phenoxy) is 1. The Morgan fingerprint density at radius 2 is 2.22 bits per heavy atom. The minimum atomic E-state index is -0.352. The number of hydrogen-bond donors (Lipinski definition) is 1. The quantitative estimate of drug-likeness (QED) is 0.659. The van der Waals surface area contributed by atoms with Gasteiger partial charge in [-0.1, -0.05) is 0 Å². The first-order chi connectivity index (χ1) is 8.60. The van der Waals surface area contributed by atoms with Gasteiger partial charge in [-0.25, -0.2) is 0 Å². The van der Waals surface area contributed by atoms with Gasteiger partial charge in [-0.05, 0) is 38.3 Å². The molecule has 1 aromatic rings. The number of nitro benzene ring substituents is 1. The smallest absolute Gasteiger partial charge is 0.272 e. The van der Waals surface area contributed by atoms with Crippen LogP contribution in [0.1, 0.15) is 24.8 Å². The largest absolute Gasteiger partial charge is 0.382 e. The fourth-order valence-corrected chi connectivity index (χ4v) is 2.47. The molecule has 1 saturated carbocycles. The summed E-state index contributed by atoms with van der Waals surface area (Å²) in [4.78, 5) is 10.4. The number of nitro groups is 1. The van der Waals surface area contributed by atoms with Crippen LogP contribution in [0.25, 0.3) is 0 Å². The molecule has 5 heteroatoms. The minimum Gasteiger partial charge on any atom is -0.382 e. The van der Waals surface area contributed by atoms with Crippen molar-refractivity contribution in [1.29, 1.82) is 0 Å². The number of aryl methyl sites for hydroxylation is 1. The first kappa shape index (κ1) is 12.8. The lowest BCUT2D eigenvalue weighted by Gasteiger charge is -2.14. The van der Waals surface area contributed by atoms with E-state index in [1.807, 2.05) is 6.07 Å². The van der Waals surface area contributed by atoms with E-state index >= 15 is 0 Å². The summed E-state index contributed by atoms with van der Waals surface area (Å²) < 4.78 is 5.32. The van der Waals surface area contributed by atoms with Crippen molar-refractivity contribution < 1.29 is 9.66 Å². The van der Waals surface area contributed by atoms with E-state index in [9.17, 15) is 10.1 Å². The summed E-state index contributed by atoms with van der Waals surface area (Å²) in [5.74, 6) is 0. The SMILES string of the molecule is COC1CCC(Nc2ccc([N+](=O)[O-])c(C)c2)C1. The number of hydrogen-bond acceptors (Lipinski definition) is 4. The zero-order chi connectivity index (χ0) is 13.1. The standard InChI is InChI=1S/C13H18N2O3/c1-9-7-10(4-6-13(9)15(16)17)14-11-3-5-12(8-11)18-2/h4,6-7,11-12,14H,3,5,8H2,1-2H3. The van der Waals surface area contributed by atoms with Gasteiger partial charge >= 0.3 is 0 Å². The Labute approximate surface area is 106 Å². The van der Waals surface area contributed by atoms with E-state index in [1.165, 1.54) is 0 Å². The van der Waals surface area contributed by atoms with Crippen molar-refractivity contribution in [3.8, 4) is 0 Å². The van der Waals surface area contributed by atoms with Crippen LogP contribution in [0.2, 0.25) is 0 Å². The lowest BCUT2D eigenvalue weighted by Crippen LogP contribution is -2.17. The average molecular weight is 250 g/mol. The van der Waals surface area contributed by atoms with Crippen LogP contribution < -0.4 is 5.32 Å². The summed E-state index contributed by atoms with van der Waals surface area (Å²) in [6.07, 6.45) is 3.47. The van der Waals surface area contributed by atoms with Crippen LogP contribution in [0, 0.1) is 17.0 Å². The number of anilines is 1. The number of rotatable bonds is 4. The molecule has 1 aromatic carbocycles. The molecule has 0 bridgehead atoms. The van der Waals surface area contributed by atoms with E-state index in [2.05, 4.69) is 5.32 Å². The van der Waals surface area contributed by atoms with Crippen LogP contribution in [-0.4, -0.2) is 24.2 Å². The first-order valence-electron chi connectivity index (χ1n) is 6.14. The van der Waals surface area contributed by atoms with Crippen molar-refractivity contribution >= 4 is 11.4 Å². The van der Waals surface area contributed by atoms with Crippen molar-refractivity contribution in [2.45, 2.75) is 38.3 Å². The molecule has 1 aliphatic rings. The molecule has 2 rings (SSSR count). The third-order valence-corrected chi connectivity index (χ3v) is 3.48. The van der Waals surface area contributed by atoms with E-state index < -0.39 is 0 Å². The molecule has 5 nitrogen and oxygen atoms in total. The molecule has 2 unspecified atom stereocenters. The lowest BCUT2D eigenvalue weighted by atomic mass is 10.1. The van der Waals surface area contributed by atoms with Gasteiger partial charge in [-0.2, -0.15) is 0 Å². The van der Waals surface area contributed by atoms with Gasteiger partial charge in [0.05, 0.1) is 11.0 Å². The van der Waals surface area contributed by atoms with Crippen LogP contribution >= 0.6 is 0 Å². The van der Waals surface area contributed by atoms with Crippen molar-refractivity contribution in [1.82, 2.24) is 0 Å². The number of nitrogens with one attached hydrogen (secondary N) is 1. The third-order valence-electron chi connectivity index (χ3n) is 3.48. The number of nitrogens with zero attached hydrogens (tertiary/aromatic N) is 1.